The highest BCUT2D eigenvalue weighted by Crippen LogP contribution is 2.26. The van der Waals surface area contributed by atoms with Crippen molar-refractivity contribution in [3.63, 3.8) is 0 Å². The average molecular weight is 293 g/mol. The number of hydrazone groups is 1. The largest absolute Gasteiger partial charge is 0.493 e. The Kier molecular flexibility index (Phi) is 6.73. The molecular formula is C14H19N3O4. The van der Waals surface area contributed by atoms with E-state index in [0.29, 0.717) is 23.6 Å². The Morgan fingerprint density at radius 3 is 2.52 bits per heavy atom. The minimum Gasteiger partial charge on any atom is -0.493 e. The number of methoxy groups -OCH3 is 2. The maximum Gasteiger partial charge on any atom is 0.329 e. The smallest absolute Gasteiger partial charge is 0.329 e. The average Bonchev–Trinajstić information content (AvgIpc) is 2.52. The van der Waals surface area contributed by atoms with Crippen molar-refractivity contribution in [2.45, 2.75) is 13.3 Å². The Morgan fingerprint density at radius 2 is 1.90 bits per heavy atom. The third kappa shape index (κ3) is 5.13. The molecule has 0 aliphatic rings. The van der Waals surface area contributed by atoms with E-state index in [-0.39, 0.29) is 0 Å². The van der Waals surface area contributed by atoms with Gasteiger partial charge in [-0.3, -0.25) is 9.59 Å². The van der Waals surface area contributed by atoms with E-state index in [2.05, 4.69) is 15.8 Å². The monoisotopic (exact) mass is 293 g/mol. The number of rotatable bonds is 6. The minimum atomic E-state index is -0.805. The molecular weight excluding hydrogens is 274 g/mol. The molecule has 114 valence electrons. The molecule has 0 atom stereocenters. The van der Waals surface area contributed by atoms with Gasteiger partial charge in [0.2, 0.25) is 0 Å². The van der Waals surface area contributed by atoms with Gasteiger partial charge in [-0.05, 0) is 30.2 Å². The number of carbonyl (C=O) groups excluding carboxylic acids is 2. The van der Waals surface area contributed by atoms with Crippen molar-refractivity contribution in [3.05, 3.63) is 23.8 Å². The van der Waals surface area contributed by atoms with Gasteiger partial charge < -0.3 is 14.8 Å². The molecule has 0 spiro atoms. The summed E-state index contributed by atoms with van der Waals surface area (Å²) in [5.74, 6) is -0.368. The zero-order valence-electron chi connectivity index (χ0n) is 12.3. The van der Waals surface area contributed by atoms with Crippen LogP contribution < -0.4 is 20.2 Å². The highest BCUT2D eigenvalue weighted by molar-refractivity contribution is 6.35. The van der Waals surface area contributed by atoms with Gasteiger partial charge >= 0.3 is 11.8 Å². The van der Waals surface area contributed by atoms with Crippen LogP contribution in [0.2, 0.25) is 0 Å². The minimum absolute atomic E-state index is 0.450. The van der Waals surface area contributed by atoms with Crippen LogP contribution in [-0.4, -0.2) is 38.8 Å². The Balaban J connectivity index is 2.61. The summed E-state index contributed by atoms with van der Waals surface area (Å²) in [6, 6.07) is 5.16. The first-order chi connectivity index (χ1) is 10.1. The molecule has 1 rings (SSSR count). The number of nitrogens with zero attached hydrogens (tertiary/aromatic N) is 1. The van der Waals surface area contributed by atoms with E-state index in [4.69, 9.17) is 9.47 Å². The van der Waals surface area contributed by atoms with Gasteiger partial charge in [-0.1, -0.05) is 6.92 Å². The van der Waals surface area contributed by atoms with Gasteiger partial charge in [-0.25, -0.2) is 5.43 Å². The van der Waals surface area contributed by atoms with Crippen LogP contribution in [0.4, 0.5) is 0 Å². The second-order valence-corrected chi connectivity index (χ2v) is 4.07. The molecule has 0 heterocycles. The Morgan fingerprint density at radius 1 is 1.19 bits per heavy atom. The summed E-state index contributed by atoms with van der Waals surface area (Å²) >= 11 is 0. The number of amides is 2. The third-order valence-electron chi connectivity index (χ3n) is 2.53. The van der Waals surface area contributed by atoms with Crippen LogP contribution in [0.15, 0.2) is 23.3 Å². The highest BCUT2D eigenvalue weighted by atomic mass is 16.5. The molecule has 21 heavy (non-hydrogen) atoms. The second-order valence-electron chi connectivity index (χ2n) is 4.07. The van der Waals surface area contributed by atoms with Gasteiger partial charge in [0.05, 0.1) is 20.4 Å². The molecule has 0 saturated heterocycles. The van der Waals surface area contributed by atoms with Crippen LogP contribution in [0.3, 0.4) is 0 Å². The third-order valence-corrected chi connectivity index (χ3v) is 2.53. The summed E-state index contributed by atoms with van der Waals surface area (Å²) < 4.78 is 10.3. The molecule has 0 radical (unpaired) electrons. The van der Waals surface area contributed by atoms with E-state index in [1.165, 1.54) is 13.3 Å². The van der Waals surface area contributed by atoms with Gasteiger partial charge in [0, 0.05) is 6.54 Å². The molecule has 0 bridgehead atoms. The van der Waals surface area contributed by atoms with Crippen LogP contribution >= 0.6 is 0 Å². The summed E-state index contributed by atoms with van der Waals surface area (Å²) in [5, 5.41) is 6.17. The topological polar surface area (TPSA) is 89.0 Å². The molecule has 2 N–H and O–H groups in total. The van der Waals surface area contributed by atoms with E-state index < -0.39 is 11.8 Å². The molecule has 7 nitrogen and oxygen atoms in total. The van der Waals surface area contributed by atoms with Crippen LogP contribution in [0.5, 0.6) is 11.5 Å². The zero-order chi connectivity index (χ0) is 15.7. The maximum atomic E-state index is 11.4. The fraction of sp³-hybridized carbons (Fsp3) is 0.357. The highest BCUT2D eigenvalue weighted by Gasteiger charge is 2.10. The van der Waals surface area contributed by atoms with Crippen molar-refractivity contribution in [3.8, 4) is 11.5 Å². The molecule has 0 aliphatic carbocycles. The predicted octanol–water partition coefficient (Wildman–Crippen LogP) is 0.680. The van der Waals surface area contributed by atoms with Crippen molar-refractivity contribution in [1.29, 1.82) is 0 Å². The van der Waals surface area contributed by atoms with Crippen molar-refractivity contribution < 1.29 is 19.1 Å². The van der Waals surface area contributed by atoms with Gasteiger partial charge in [-0.2, -0.15) is 5.10 Å². The van der Waals surface area contributed by atoms with E-state index in [1.807, 2.05) is 6.92 Å². The van der Waals surface area contributed by atoms with Crippen molar-refractivity contribution in [1.82, 2.24) is 10.7 Å². The molecule has 0 saturated carbocycles. The van der Waals surface area contributed by atoms with Crippen molar-refractivity contribution in [2.24, 2.45) is 5.10 Å². The van der Waals surface area contributed by atoms with Crippen molar-refractivity contribution >= 4 is 18.0 Å². The van der Waals surface area contributed by atoms with E-state index in [9.17, 15) is 9.59 Å². The number of carbonyl (C=O) groups is 2. The number of benzene rings is 1. The van der Waals surface area contributed by atoms with E-state index >= 15 is 0 Å². The van der Waals surface area contributed by atoms with E-state index in [0.717, 1.165) is 6.42 Å². The number of ether oxygens (including phenoxy) is 2. The standard InChI is InChI=1S/C14H19N3O4/c1-4-7-15-13(18)14(19)17-16-9-10-5-6-11(20-2)12(8-10)21-3/h5-6,8-9H,4,7H2,1-3H3,(H,15,18)(H,17,19). The lowest BCUT2D eigenvalue weighted by molar-refractivity contribution is -0.139. The van der Waals surface area contributed by atoms with Gasteiger partial charge in [-0.15, -0.1) is 0 Å². The van der Waals surface area contributed by atoms with Gasteiger partial charge in [0.25, 0.3) is 0 Å². The van der Waals surface area contributed by atoms with Crippen LogP contribution in [0.25, 0.3) is 0 Å². The molecule has 0 fully saturated rings. The Bertz CT molecular complexity index is 529. The molecule has 0 unspecified atom stereocenters. The fourth-order valence-corrected chi connectivity index (χ4v) is 1.47. The number of hydrogen-bond acceptors (Lipinski definition) is 5. The Hall–Kier alpha value is -2.57. The molecule has 1 aromatic carbocycles. The quantitative estimate of drug-likeness (QED) is 0.458. The molecule has 2 amide bonds. The van der Waals surface area contributed by atoms with Gasteiger partial charge in [0.1, 0.15) is 0 Å². The zero-order valence-corrected chi connectivity index (χ0v) is 12.3. The summed E-state index contributed by atoms with van der Waals surface area (Å²) in [7, 11) is 3.07. The normalized spacial score (nSPS) is 10.2. The summed E-state index contributed by atoms with van der Waals surface area (Å²) in [4.78, 5) is 22.7. The summed E-state index contributed by atoms with van der Waals surface area (Å²) in [6.07, 6.45) is 2.17. The van der Waals surface area contributed by atoms with Crippen molar-refractivity contribution in [2.75, 3.05) is 20.8 Å². The van der Waals surface area contributed by atoms with Crippen LogP contribution in [0, 0.1) is 0 Å². The summed E-state index contributed by atoms with van der Waals surface area (Å²) in [5.41, 5.74) is 2.85. The first-order valence-electron chi connectivity index (χ1n) is 6.45. The Labute approximate surface area is 123 Å². The lowest BCUT2D eigenvalue weighted by Gasteiger charge is -2.07. The molecule has 1 aromatic rings. The second kappa shape index (κ2) is 8.57. The van der Waals surface area contributed by atoms with Gasteiger partial charge in [0.15, 0.2) is 11.5 Å². The molecule has 0 aliphatic heterocycles. The SMILES string of the molecule is CCCNC(=O)C(=O)NN=Cc1ccc(OC)c(OC)c1. The predicted molar refractivity (Wildman–Crippen MR) is 78.6 cm³/mol. The number of hydrogen-bond donors (Lipinski definition) is 2. The lowest BCUT2D eigenvalue weighted by Crippen LogP contribution is -2.38. The first kappa shape index (κ1) is 16.5. The fourth-order valence-electron chi connectivity index (χ4n) is 1.47. The molecule has 0 aromatic heterocycles. The first-order valence-corrected chi connectivity index (χ1v) is 6.45. The van der Waals surface area contributed by atoms with E-state index in [1.54, 1.807) is 25.3 Å². The molecule has 7 heteroatoms. The number of nitrogens with one attached hydrogen (secondary N) is 2. The van der Waals surface area contributed by atoms with Crippen LogP contribution in [-0.2, 0) is 9.59 Å². The summed E-state index contributed by atoms with van der Waals surface area (Å²) in [6.45, 7) is 2.35. The maximum absolute atomic E-state index is 11.4. The lowest BCUT2D eigenvalue weighted by atomic mass is 10.2. The van der Waals surface area contributed by atoms with Crippen LogP contribution in [0.1, 0.15) is 18.9 Å².